The summed E-state index contributed by atoms with van der Waals surface area (Å²) >= 11 is 0. The molecule has 0 aliphatic carbocycles. The summed E-state index contributed by atoms with van der Waals surface area (Å²) in [5.74, 6) is -2.02. The van der Waals surface area contributed by atoms with Gasteiger partial charge in [0.2, 0.25) is 0 Å². The quantitative estimate of drug-likeness (QED) is 0.656. The highest BCUT2D eigenvalue weighted by molar-refractivity contribution is 5.93. The average molecular weight is 270 g/mol. The zero-order valence-electron chi connectivity index (χ0n) is 10.9. The molecular weight excluding hydrogens is 255 g/mol. The summed E-state index contributed by atoms with van der Waals surface area (Å²) in [5.41, 5.74) is -1.22. The highest BCUT2D eigenvalue weighted by atomic mass is 19.1. The van der Waals surface area contributed by atoms with Gasteiger partial charge >= 0.3 is 5.97 Å². The Balaban J connectivity index is 3.32. The molecule has 104 valence electrons. The Morgan fingerprint density at radius 2 is 2.11 bits per heavy atom. The lowest BCUT2D eigenvalue weighted by molar-refractivity contribution is -0.385. The molecule has 0 unspecified atom stereocenters. The van der Waals surface area contributed by atoms with Gasteiger partial charge in [-0.25, -0.2) is 9.18 Å². The summed E-state index contributed by atoms with van der Waals surface area (Å²) in [6.45, 7) is 4.36. The molecule has 1 rings (SSSR count). The number of carbonyl (C=O) groups is 1. The Morgan fingerprint density at radius 3 is 2.53 bits per heavy atom. The first-order valence-electron chi connectivity index (χ1n) is 5.66. The Kier molecular flexibility index (Phi) is 4.42. The van der Waals surface area contributed by atoms with Crippen LogP contribution in [-0.2, 0) is 0 Å². The molecule has 7 heteroatoms. The van der Waals surface area contributed by atoms with Crippen LogP contribution in [0.15, 0.2) is 12.1 Å². The van der Waals surface area contributed by atoms with Crippen molar-refractivity contribution in [3.05, 3.63) is 33.6 Å². The van der Waals surface area contributed by atoms with E-state index in [0.717, 1.165) is 6.07 Å². The molecule has 0 fully saturated rings. The standard InChI is InChI=1S/C12H15FN2O4/c1-7(2)6-14(3)11-4-8(12(16)17)10(15(18)19)5-9(11)13/h4-5,7H,6H2,1-3H3,(H,16,17). The van der Waals surface area contributed by atoms with Gasteiger partial charge in [-0.1, -0.05) is 13.8 Å². The van der Waals surface area contributed by atoms with Gasteiger partial charge in [0, 0.05) is 13.6 Å². The van der Waals surface area contributed by atoms with Gasteiger partial charge in [0.15, 0.2) is 5.82 Å². The van der Waals surface area contributed by atoms with Crippen LogP contribution in [0.2, 0.25) is 0 Å². The molecule has 1 aromatic rings. The molecule has 0 saturated carbocycles. The monoisotopic (exact) mass is 270 g/mol. The van der Waals surface area contributed by atoms with Crippen molar-refractivity contribution in [3.63, 3.8) is 0 Å². The van der Waals surface area contributed by atoms with E-state index in [2.05, 4.69) is 0 Å². The minimum atomic E-state index is -1.45. The fourth-order valence-electron chi connectivity index (χ4n) is 1.81. The Labute approximate surface area is 109 Å². The molecule has 0 aliphatic heterocycles. The number of benzene rings is 1. The first kappa shape index (κ1) is 14.9. The lowest BCUT2D eigenvalue weighted by Gasteiger charge is -2.22. The largest absolute Gasteiger partial charge is 0.477 e. The van der Waals surface area contributed by atoms with Crippen LogP contribution in [0.3, 0.4) is 0 Å². The van der Waals surface area contributed by atoms with Crippen LogP contribution in [0, 0.1) is 21.8 Å². The van der Waals surface area contributed by atoms with Gasteiger partial charge in [-0.15, -0.1) is 0 Å². The maximum absolute atomic E-state index is 13.8. The molecule has 1 N–H and O–H groups in total. The van der Waals surface area contributed by atoms with Crippen molar-refractivity contribution in [1.82, 2.24) is 0 Å². The third-order valence-electron chi connectivity index (χ3n) is 2.54. The van der Waals surface area contributed by atoms with Crippen LogP contribution in [0.5, 0.6) is 0 Å². The maximum atomic E-state index is 13.8. The van der Waals surface area contributed by atoms with E-state index in [9.17, 15) is 19.3 Å². The Hall–Kier alpha value is -2.18. The second kappa shape index (κ2) is 5.64. The van der Waals surface area contributed by atoms with Gasteiger partial charge in [-0.2, -0.15) is 0 Å². The fourth-order valence-corrected chi connectivity index (χ4v) is 1.81. The van der Waals surface area contributed by atoms with Gasteiger partial charge in [-0.3, -0.25) is 10.1 Å². The SMILES string of the molecule is CC(C)CN(C)c1cc(C(=O)O)c([N+](=O)[O-])cc1F. The van der Waals surface area contributed by atoms with Gasteiger partial charge < -0.3 is 10.0 Å². The summed E-state index contributed by atoms with van der Waals surface area (Å²) in [6.07, 6.45) is 0. The van der Waals surface area contributed by atoms with Crippen LogP contribution in [-0.4, -0.2) is 29.6 Å². The number of anilines is 1. The molecule has 0 aliphatic rings. The van der Waals surface area contributed by atoms with Crippen molar-refractivity contribution in [2.75, 3.05) is 18.5 Å². The third kappa shape index (κ3) is 3.40. The van der Waals surface area contributed by atoms with E-state index in [4.69, 9.17) is 5.11 Å². The van der Waals surface area contributed by atoms with E-state index in [-0.39, 0.29) is 11.6 Å². The second-order valence-corrected chi connectivity index (χ2v) is 4.66. The van der Waals surface area contributed by atoms with E-state index in [1.165, 1.54) is 4.90 Å². The van der Waals surface area contributed by atoms with E-state index < -0.39 is 28.0 Å². The molecule has 0 heterocycles. The lowest BCUT2D eigenvalue weighted by Crippen LogP contribution is -2.24. The topological polar surface area (TPSA) is 83.7 Å². The van der Waals surface area contributed by atoms with Crippen molar-refractivity contribution < 1.29 is 19.2 Å². The number of nitrogens with zero attached hydrogens (tertiary/aromatic N) is 2. The van der Waals surface area contributed by atoms with E-state index >= 15 is 0 Å². The van der Waals surface area contributed by atoms with Crippen molar-refractivity contribution in [1.29, 1.82) is 0 Å². The predicted molar refractivity (Wildman–Crippen MR) is 68.1 cm³/mol. The smallest absolute Gasteiger partial charge is 0.342 e. The number of carboxylic acid groups (broad SMARTS) is 1. The zero-order chi connectivity index (χ0) is 14.7. The first-order chi connectivity index (χ1) is 8.73. The number of carboxylic acids is 1. The van der Waals surface area contributed by atoms with Crippen molar-refractivity contribution >= 4 is 17.3 Å². The zero-order valence-corrected chi connectivity index (χ0v) is 10.9. The van der Waals surface area contributed by atoms with E-state index in [0.29, 0.717) is 12.6 Å². The molecule has 0 atom stereocenters. The number of nitro benzene ring substituents is 1. The lowest BCUT2D eigenvalue weighted by atomic mass is 10.1. The van der Waals surface area contributed by atoms with Gasteiger partial charge in [-0.05, 0) is 12.0 Å². The number of hydrogen-bond donors (Lipinski definition) is 1. The molecule has 1 aromatic carbocycles. The van der Waals surface area contributed by atoms with E-state index in [1.54, 1.807) is 7.05 Å². The fraction of sp³-hybridized carbons (Fsp3) is 0.417. The summed E-state index contributed by atoms with van der Waals surface area (Å²) in [5, 5.41) is 19.6. The maximum Gasteiger partial charge on any atom is 0.342 e. The highest BCUT2D eigenvalue weighted by Gasteiger charge is 2.24. The van der Waals surface area contributed by atoms with Gasteiger partial charge in [0.05, 0.1) is 16.7 Å². The number of aromatic carboxylic acids is 1. The molecule has 19 heavy (non-hydrogen) atoms. The second-order valence-electron chi connectivity index (χ2n) is 4.66. The van der Waals surface area contributed by atoms with E-state index in [1.807, 2.05) is 13.8 Å². The minimum Gasteiger partial charge on any atom is -0.477 e. The molecular formula is C12H15FN2O4. The third-order valence-corrected chi connectivity index (χ3v) is 2.54. The summed E-state index contributed by atoms with van der Waals surface area (Å²) in [4.78, 5) is 22.3. The minimum absolute atomic E-state index is 0.0386. The van der Waals surface area contributed by atoms with Crippen LogP contribution < -0.4 is 4.90 Å². The number of rotatable bonds is 5. The van der Waals surface area contributed by atoms with Gasteiger partial charge in [0.25, 0.3) is 5.69 Å². The average Bonchev–Trinajstić information content (AvgIpc) is 2.26. The number of hydrogen-bond acceptors (Lipinski definition) is 4. The van der Waals surface area contributed by atoms with Crippen LogP contribution >= 0.6 is 0 Å². The molecule has 0 spiro atoms. The van der Waals surface area contributed by atoms with Crippen molar-refractivity contribution in [2.45, 2.75) is 13.8 Å². The number of nitro groups is 1. The van der Waals surface area contributed by atoms with Crippen molar-refractivity contribution in [2.24, 2.45) is 5.92 Å². The molecule has 0 bridgehead atoms. The van der Waals surface area contributed by atoms with Crippen LogP contribution in [0.4, 0.5) is 15.8 Å². The normalized spacial score (nSPS) is 10.6. The molecule has 0 aromatic heterocycles. The van der Waals surface area contributed by atoms with Crippen LogP contribution in [0.25, 0.3) is 0 Å². The molecule has 0 radical (unpaired) electrons. The first-order valence-corrected chi connectivity index (χ1v) is 5.66. The summed E-state index contributed by atoms with van der Waals surface area (Å²) in [6, 6.07) is 1.65. The van der Waals surface area contributed by atoms with Crippen LogP contribution in [0.1, 0.15) is 24.2 Å². The summed E-state index contributed by atoms with van der Waals surface area (Å²) in [7, 11) is 1.61. The van der Waals surface area contributed by atoms with Crippen molar-refractivity contribution in [3.8, 4) is 0 Å². The Bertz CT molecular complexity index is 517. The number of halogens is 1. The molecule has 0 saturated heterocycles. The van der Waals surface area contributed by atoms with Gasteiger partial charge in [0.1, 0.15) is 5.56 Å². The highest BCUT2D eigenvalue weighted by Crippen LogP contribution is 2.28. The summed E-state index contributed by atoms with van der Waals surface area (Å²) < 4.78 is 13.8. The predicted octanol–water partition coefficient (Wildman–Crippen LogP) is 2.52. The molecule has 0 amide bonds. The Morgan fingerprint density at radius 1 is 1.53 bits per heavy atom. The molecule has 6 nitrogen and oxygen atoms in total.